The summed E-state index contributed by atoms with van der Waals surface area (Å²) in [5.41, 5.74) is 2.98. The molecule has 6 heteroatoms. The molecule has 0 spiro atoms. The summed E-state index contributed by atoms with van der Waals surface area (Å²) in [7, 11) is 1.60. The van der Waals surface area contributed by atoms with Gasteiger partial charge in [-0.15, -0.1) is 0 Å². The van der Waals surface area contributed by atoms with Gasteiger partial charge < -0.3 is 14.2 Å². The van der Waals surface area contributed by atoms with Crippen molar-refractivity contribution in [3.63, 3.8) is 0 Å². The summed E-state index contributed by atoms with van der Waals surface area (Å²) in [4.78, 5) is 17.0. The Hall–Kier alpha value is -3.65. The van der Waals surface area contributed by atoms with E-state index in [9.17, 15) is 4.79 Å². The molecule has 0 unspecified atom stereocenters. The first-order valence-corrected chi connectivity index (χ1v) is 12.2. The zero-order valence-corrected chi connectivity index (χ0v) is 21.2. The van der Waals surface area contributed by atoms with Gasteiger partial charge in [-0.25, -0.2) is 9.79 Å². The minimum absolute atomic E-state index is 0.240. The summed E-state index contributed by atoms with van der Waals surface area (Å²) in [5, 5.41) is 2.17. The number of esters is 1. The van der Waals surface area contributed by atoms with E-state index in [-0.39, 0.29) is 5.70 Å². The average Bonchev–Trinajstić information content (AvgIpc) is 3.25. The molecule has 1 heterocycles. The molecule has 4 aromatic rings. The number of fused-ring (bicyclic) bond motifs is 1. The van der Waals surface area contributed by atoms with Crippen LogP contribution in [0, 0.1) is 3.57 Å². The zero-order chi connectivity index (χ0) is 24.2. The van der Waals surface area contributed by atoms with Gasteiger partial charge in [0.05, 0.1) is 17.3 Å². The fourth-order valence-electron chi connectivity index (χ4n) is 3.89. The fraction of sp³-hybridized carbons (Fsp3) is 0.103. The van der Waals surface area contributed by atoms with Crippen LogP contribution in [0.1, 0.15) is 16.7 Å². The molecule has 0 bridgehead atoms. The minimum Gasteiger partial charge on any atom is -0.493 e. The van der Waals surface area contributed by atoms with Crippen molar-refractivity contribution in [3.8, 4) is 11.5 Å². The molecule has 35 heavy (non-hydrogen) atoms. The maximum atomic E-state index is 12.5. The first-order valence-electron chi connectivity index (χ1n) is 11.2. The first-order chi connectivity index (χ1) is 17.1. The van der Waals surface area contributed by atoms with Crippen molar-refractivity contribution >= 4 is 51.3 Å². The van der Waals surface area contributed by atoms with Gasteiger partial charge in [0.15, 0.2) is 17.2 Å². The Labute approximate surface area is 217 Å². The van der Waals surface area contributed by atoms with Gasteiger partial charge in [0.1, 0.15) is 0 Å². The lowest BCUT2D eigenvalue weighted by atomic mass is 10.1. The predicted molar refractivity (Wildman–Crippen MR) is 146 cm³/mol. The van der Waals surface area contributed by atoms with Gasteiger partial charge >= 0.3 is 5.97 Å². The van der Waals surface area contributed by atoms with Crippen LogP contribution < -0.4 is 9.47 Å². The van der Waals surface area contributed by atoms with Gasteiger partial charge in [-0.2, -0.15) is 0 Å². The number of carbonyl (C=O) groups excluding carboxylic acids is 1. The van der Waals surface area contributed by atoms with E-state index in [2.05, 4.69) is 39.7 Å². The lowest BCUT2D eigenvalue weighted by Crippen LogP contribution is -2.05. The second-order valence-electron chi connectivity index (χ2n) is 8.02. The fourth-order valence-corrected chi connectivity index (χ4v) is 4.67. The molecule has 0 N–H and O–H groups in total. The number of halogens is 1. The molecule has 0 saturated heterocycles. The van der Waals surface area contributed by atoms with Crippen molar-refractivity contribution < 1.29 is 19.0 Å². The third-order valence-electron chi connectivity index (χ3n) is 5.65. The summed E-state index contributed by atoms with van der Waals surface area (Å²) >= 11 is 2.22. The number of aliphatic imine (C=N–C) groups is 1. The van der Waals surface area contributed by atoms with E-state index in [0.29, 0.717) is 24.0 Å². The molecule has 174 valence electrons. The third kappa shape index (κ3) is 5.22. The van der Waals surface area contributed by atoms with Gasteiger partial charge in [0.25, 0.3) is 0 Å². The van der Waals surface area contributed by atoms with Crippen LogP contribution in [0.4, 0.5) is 0 Å². The summed E-state index contributed by atoms with van der Waals surface area (Å²) < 4.78 is 18.0. The zero-order valence-electron chi connectivity index (χ0n) is 19.0. The van der Waals surface area contributed by atoms with Crippen molar-refractivity contribution in [2.45, 2.75) is 6.42 Å². The third-order valence-corrected chi connectivity index (χ3v) is 6.45. The maximum absolute atomic E-state index is 12.5. The average molecular weight is 575 g/mol. The van der Waals surface area contributed by atoms with E-state index in [1.807, 2.05) is 72.8 Å². The highest BCUT2D eigenvalue weighted by molar-refractivity contribution is 14.1. The van der Waals surface area contributed by atoms with Crippen molar-refractivity contribution in [1.82, 2.24) is 0 Å². The number of hydrogen-bond acceptors (Lipinski definition) is 5. The predicted octanol–water partition coefficient (Wildman–Crippen LogP) is 6.42. The Morgan fingerprint density at radius 1 is 0.943 bits per heavy atom. The molecular formula is C29H22INO4. The second kappa shape index (κ2) is 10.3. The smallest absolute Gasteiger partial charge is 0.363 e. The molecule has 0 saturated carbocycles. The number of carbonyl (C=O) groups is 1. The Bertz CT molecular complexity index is 1460. The molecule has 5 nitrogen and oxygen atoms in total. The van der Waals surface area contributed by atoms with Crippen LogP contribution in [0.15, 0.2) is 95.6 Å². The van der Waals surface area contributed by atoms with E-state index in [4.69, 9.17) is 14.2 Å². The van der Waals surface area contributed by atoms with Gasteiger partial charge in [0.2, 0.25) is 5.90 Å². The molecule has 0 atom stereocenters. The van der Waals surface area contributed by atoms with Crippen molar-refractivity contribution in [2.75, 3.05) is 13.7 Å². The molecule has 0 amide bonds. The van der Waals surface area contributed by atoms with Gasteiger partial charge in [-0.3, -0.25) is 0 Å². The maximum Gasteiger partial charge on any atom is 0.363 e. The SMILES string of the molecule is COc1cc(/C=C2\N=C(c3ccc4ccccc4c3)OC2=O)cc(I)c1OCCc1ccccc1. The van der Waals surface area contributed by atoms with Crippen LogP contribution in [0.3, 0.4) is 0 Å². The Morgan fingerprint density at radius 2 is 1.71 bits per heavy atom. The van der Waals surface area contributed by atoms with Gasteiger partial charge in [-0.05, 0) is 74.8 Å². The second-order valence-corrected chi connectivity index (χ2v) is 9.18. The van der Waals surface area contributed by atoms with E-state index in [1.165, 1.54) is 5.56 Å². The summed E-state index contributed by atoms with van der Waals surface area (Å²) in [5.74, 6) is 1.10. The van der Waals surface area contributed by atoms with Crippen LogP contribution in [-0.4, -0.2) is 25.6 Å². The standard InChI is InChI=1S/C29H22INO4/c1-33-26-17-20(15-24(30)27(26)34-14-13-19-7-3-2-4-8-19)16-25-29(32)35-28(31-25)23-12-11-21-9-5-6-10-22(21)18-23/h2-12,15-18H,13-14H2,1H3/b25-16-. The van der Waals surface area contributed by atoms with E-state index >= 15 is 0 Å². The van der Waals surface area contributed by atoms with Crippen LogP contribution in [-0.2, 0) is 16.0 Å². The van der Waals surface area contributed by atoms with E-state index in [0.717, 1.165) is 31.9 Å². The highest BCUT2D eigenvalue weighted by Gasteiger charge is 2.24. The van der Waals surface area contributed by atoms with Gasteiger partial charge in [-0.1, -0.05) is 60.7 Å². The van der Waals surface area contributed by atoms with Crippen LogP contribution in [0.2, 0.25) is 0 Å². The molecule has 0 aliphatic carbocycles. The molecule has 0 aromatic heterocycles. The van der Waals surface area contributed by atoms with Crippen molar-refractivity contribution in [3.05, 3.63) is 111 Å². The number of methoxy groups -OCH3 is 1. The molecule has 1 aliphatic heterocycles. The summed E-state index contributed by atoms with van der Waals surface area (Å²) in [6.45, 7) is 0.530. The number of nitrogens with zero attached hydrogens (tertiary/aromatic N) is 1. The summed E-state index contributed by atoms with van der Waals surface area (Å²) in [6, 6.07) is 27.9. The quantitative estimate of drug-likeness (QED) is 0.145. The highest BCUT2D eigenvalue weighted by Crippen LogP contribution is 2.35. The number of benzene rings is 4. The molecular weight excluding hydrogens is 553 g/mol. The van der Waals surface area contributed by atoms with Crippen molar-refractivity contribution in [2.24, 2.45) is 4.99 Å². The van der Waals surface area contributed by atoms with Crippen LogP contribution in [0.5, 0.6) is 11.5 Å². The van der Waals surface area contributed by atoms with E-state index < -0.39 is 5.97 Å². The van der Waals surface area contributed by atoms with Crippen LogP contribution in [0.25, 0.3) is 16.8 Å². The lowest BCUT2D eigenvalue weighted by molar-refractivity contribution is -0.129. The number of ether oxygens (including phenoxy) is 3. The Morgan fingerprint density at radius 3 is 2.51 bits per heavy atom. The molecule has 4 aromatic carbocycles. The molecule has 1 aliphatic rings. The van der Waals surface area contributed by atoms with E-state index in [1.54, 1.807) is 13.2 Å². The molecule has 0 radical (unpaired) electrons. The Kier molecular flexibility index (Phi) is 6.81. The van der Waals surface area contributed by atoms with Crippen molar-refractivity contribution in [1.29, 1.82) is 0 Å². The molecule has 5 rings (SSSR count). The number of hydrogen-bond donors (Lipinski definition) is 0. The monoisotopic (exact) mass is 575 g/mol. The van der Waals surface area contributed by atoms with Crippen LogP contribution >= 0.6 is 22.6 Å². The Balaban J connectivity index is 1.37. The largest absolute Gasteiger partial charge is 0.493 e. The minimum atomic E-state index is -0.481. The summed E-state index contributed by atoms with van der Waals surface area (Å²) in [6.07, 6.45) is 2.50. The molecule has 0 fully saturated rings. The number of cyclic esters (lactones) is 1. The first kappa shape index (κ1) is 23.1. The number of rotatable bonds is 7. The topological polar surface area (TPSA) is 57.1 Å². The highest BCUT2D eigenvalue weighted by atomic mass is 127. The normalized spacial score (nSPS) is 14.2. The van der Waals surface area contributed by atoms with Gasteiger partial charge in [0, 0.05) is 12.0 Å². The lowest BCUT2D eigenvalue weighted by Gasteiger charge is -2.13.